The van der Waals surface area contributed by atoms with Crippen molar-refractivity contribution in [2.24, 2.45) is 0 Å². The minimum absolute atomic E-state index is 0.0980. The van der Waals surface area contributed by atoms with Gasteiger partial charge in [0.15, 0.2) is 0 Å². The predicted octanol–water partition coefficient (Wildman–Crippen LogP) is 2.93. The standard InChI is InChI=1S/C17H16ClFN2O4S/c18-13-10-11(3-4-14(13)19)21-8-6-17(24,15(21)22)25-16(23)20-7-5-12-2-1-9-26-12/h1-4,9-10,24H,5-8H2,(H,20,23)/t17-/m0/s1. The van der Waals surface area contributed by atoms with Gasteiger partial charge in [0.25, 0.3) is 11.7 Å². The number of aliphatic hydroxyl groups is 1. The number of benzene rings is 1. The lowest BCUT2D eigenvalue weighted by molar-refractivity contribution is -0.175. The zero-order valence-electron chi connectivity index (χ0n) is 13.6. The summed E-state index contributed by atoms with van der Waals surface area (Å²) in [6.45, 7) is 0.431. The average molecular weight is 399 g/mol. The van der Waals surface area contributed by atoms with Gasteiger partial charge in [-0.1, -0.05) is 17.7 Å². The van der Waals surface area contributed by atoms with E-state index in [0.717, 1.165) is 10.9 Å². The number of alkyl carbamates (subject to hydrolysis) is 1. The number of halogens is 2. The van der Waals surface area contributed by atoms with Crippen LogP contribution < -0.4 is 10.2 Å². The molecule has 26 heavy (non-hydrogen) atoms. The van der Waals surface area contributed by atoms with Crippen molar-refractivity contribution >= 4 is 40.6 Å². The number of nitrogens with zero attached hydrogens (tertiary/aromatic N) is 1. The first-order valence-corrected chi connectivity index (χ1v) is 9.13. The van der Waals surface area contributed by atoms with E-state index in [2.05, 4.69) is 5.32 Å². The van der Waals surface area contributed by atoms with Gasteiger partial charge >= 0.3 is 6.09 Å². The number of amides is 2. The Hall–Kier alpha value is -2.16. The Kier molecular flexibility index (Phi) is 5.45. The van der Waals surface area contributed by atoms with Crippen LogP contribution in [0.15, 0.2) is 35.7 Å². The lowest BCUT2D eigenvalue weighted by atomic mass is 10.2. The third-order valence-electron chi connectivity index (χ3n) is 3.95. The van der Waals surface area contributed by atoms with Gasteiger partial charge in [-0.25, -0.2) is 9.18 Å². The normalized spacial score (nSPS) is 19.7. The molecule has 2 amide bonds. The van der Waals surface area contributed by atoms with E-state index >= 15 is 0 Å². The Bertz CT molecular complexity index is 817. The highest BCUT2D eigenvalue weighted by Gasteiger charge is 2.49. The van der Waals surface area contributed by atoms with Crippen molar-refractivity contribution in [3.05, 3.63) is 51.4 Å². The van der Waals surface area contributed by atoms with E-state index in [0.29, 0.717) is 18.7 Å². The van der Waals surface area contributed by atoms with Crippen LogP contribution in [0.5, 0.6) is 0 Å². The Balaban J connectivity index is 1.58. The molecule has 9 heteroatoms. The summed E-state index contributed by atoms with van der Waals surface area (Å²) in [7, 11) is 0. The topological polar surface area (TPSA) is 78.9 Å². The first-order valence-electron chi connectivity index (χ1n) is 7.88. The molecular formula is C17H16ClFN2O4S. The molecule has 0 saturated carbocycles. The van der Waals surface area contributed by atoms with E-state index in [9.17, 15) is 19.1 Å². The van der Waals surface area contributed by atoms with E-state index in [-0.39, 0.29) is 18.0 Å². The molecule has 0 bridgehead atoms. The summed E-state index contributed by atoms with van der Waals surface area (Å²) >= 11 is 7.29. The lowest BCUT2D eigenvalue weighted by Gasteiger charge is -2.22. The maximum absolute atomic E-state index is 13.3. The smallest absolute Gasteiger partial charge is 0.407 e. The molecule has 0 radical (unpaired) electrons. The van der Waals surface area contributed by atoms with Crippen molar-refractivity contribution in [1.82, 2.24) is 5.32 Å². The second kappa shape index (κ2) is 7.61. The molecule has 6 nitrogen and oxygen atoms in total. The zero-order valence-corrected chi connectivity index (χ0v) is 15.1. The second-order valence-electron chi connectivity index (χ2n) is 5.74. The van der Waals surface area contributed by atoms with Crippen LogP contribution in [0.4, 0.5) is 14.9 Å². The number of rotatable bonds is 5. The number of hydrogen-bond donors (Lipinski definition) is 2. The first kappa shape index (κ1) is 18.6. The molecule has 0 spiro atoms. The van der Waals surface area contributed by atoms with Gasteiger partial charge in [0.05, 0.1) is 5.02 Å². The summed E-state index contributed by atoms with van der Waals surface area (Å²) in [5.74, 6) is -3.67. The maximum atomic E-state index is 13.3. The van der Waals surface area contributed by atoms with E-state index in [1.54, 1.807) is 11.3 Å². The van der Waals surface area contributed by atoms with Gasteiger partial charge in [-0.2, -0.15) is 0 Å². The van der Waals surface area contributed by atoms with Crippen LogP contribution in [0.3, 0.4) is 0 Å². The molecule has 2 aromatic rings. The van der Waals surface area contributed by atoms with Gasteiger partial charge in [0, 0.05) is 30.1 Å². The van der Waals surface area contributed by atoms with Crippen LogP contribution in [0, 0.1) is 5.82 Å². The van der Waals surface area contributed by atoms with Crippen LogP contribution in [0.25, 0.3) is 0 Å². The van der Waals surface area contributed by atoms with Crippen molar-refractivity contribution in [1.29, 1.82) is 0 Å². The molecule has 1 aromatic carbocycles. The van der Waals surface area contributed by atoms with Gasteiger partial charge in [-0.3, -0.25) is 4.79 Å². The molecule has 3 rings (SSSR count). The van der Waals surface area contributed by atoms with Crippen molar-refractivity contribution in [2.45, 2.75) is 18.6 Å². The van der Waals surface area contributed by atoms with Crippen LogP contribution in [-0.2, 0) is 16.0 Å². The fourth-order valence-corrected chi connectivity index (χ4v) is 3.49. The number of ether oxygens (including phenoxy) is 1. The first-order chi connectivity index (χ1) is 12.4. The Morgan fingerprint density at radius 1 is 1.46 bits per heavy atom. The monoisotopic (exact) mass is 398 g/mol. The van der Waals surface area contributed by atoms with Gasteiger partial charge in [-0.15, -0.1) is 11.3 Å². The molecule has 0 aliphatic carbocycles. The van der Waals surface area contributed by atoms with Crippen LogP contribution in [0.1, 0.15) is 11.3 Å². The van der Waals surface area contributed by atoms with E-state index in [4.69, 9.17) is 16.3 Å². The zero-order chi connectivity index (χ0) is 18.7. The number of nitrogens with one attached hydrogen (secondary N) is 1. The molecule has 2 heterocycles. The minimum atomic E-state index is -2.26. The third-order valence-corrected chi connectivity index (χ3v) is 5.18. The lowest BCUT2D eigenvalue weighted by Crippen LogP contribution is -2.46. The van der Waals surface area contributed by atoms with Gasteiger partial charge < -0.3 is 20.1 Å². The van der Waals surface area contributed by atoms with E-state index in [1.165, 1.54) is 17.0 Å². The molecule has 2 N–H and O–H groups in total. The molecule has 1 aromatic heterocycles. The third kappa shape index (κ3) is 3.98. The summed E-state index contributed by atoms with van der Waals surface area (Å²) in [6, 6.07) is 7.62. The van der Waals surface area contributed by atoms with Gasteiger partial charge in [-0.05, 0) is 36.1 Å². The summed E-state index contributed by atoms with van der Waals surface area (Å²) in [4.78, 5) is 26.6. The van der Waals surface area contributed by atoms with Crippen molar-refractivity contribution in [3.8, 4) is 0 Å². The fourth-order valence-electron chi connectivity index (χ4n) is 2.61. The highest BCUT2D eigenvalue weighted by Crippen LogP contribution is 2.31. The maximum Gasteiger partial charge on any atom is 0.410 e. The molecule has 138 valence electrons. The molecule has 1 fully saturated rings. The Morgan fingerprint density at radius 2 is 2.27 bits per heavy atom. The summed E-state index contributed by atoms with van der Waals surface area (Å²) in [6.07, 6.45) is -0.352. The second-order valence-corrected chi connectivity index (χ2v) is 7.17. The number of carbonyl (C=O) groups excluding carboxylic acids is 2. The van der Waals surface area contributed by atoms with Gasteiger partial charge in [0.1, 0.15) is 5.82 Å². The minimum Gasteiger partial charge on any atom is -0.407 e. The SMILES string of the molecule is O=C(NCCc1cccs1)O[C@@]1(O)CCN(c2ccc(F)c(Cl)c2)C1=O. The van der Waals surface area contributed by atoms with Crippen molar-refractivity contribution in [2.75, 3.05) is 18.0 Å². The Labute approximate surface area is 158 Å². The summed E-state index contributed by atoms with van der Waals surface area (Å²) in [5, 5.41) is 14.7. The fraction of sp³-hybridized carbons (Fsp3) is 0.294. The number of hydrogen-bond acceptors (Lipinski definition) is 5. The number of anilines is 1. The average Bonchev–Trinajstić information content (AvgIpc) is 3.20. The van der Waals surface area contributed by atoms with E-state index in [1.807, 2.05) is 17.5 Å². The highest BCUT2D eigenvalue weighted by atomic mass is 35.5. The molecule has 0 unspecified atom stereocenters. The van der Waals surface area contributed by atoms with Gasteiger partial charge in [0.2, 0.25) is 0 Å². The van der Waals surface area contributed by atoms with Crippen LogP contribution >= 0.6 is 22.9 Å². The molecule has 1 aliphatic rings. The largest absolute Gasteiger partial charge is 0.410 e. The van der Waals surface area contributed by atoms with Crippen molar-refractivity contribution < 1.29 is 23.8 Å². The quantitative estimate of drug-likeness (QED) is 0.759. The Morgan fingerprint density at radius 3 is 2.96 bits per heavy atom. The van der Waals surface area contributed by atoms with E-state index < -0.39 is 23.6 Å². The molecule has 1 atom stereocenters. The molecular weight excluding hydrogens is 383 g/mol. The molecule has 1 aliphatic heterocycles. The highest BCUT2D eigenvalue weighted by molar-refractivity contribution is 7.09. The molecule has 1 saturated heterocycles. The number of thiophene rings is 1. The summed E-state index contributed by atoms with van der Waals surface area (Å²) < 4.78 is 18.2. The van der Waals surface area contributed by atoms with Crippen LogP contribution in [-0.4, -0.2) is 36.0 Å². The predicted molar refractivity (Wildman–Crippen MR) is 95.8 cm³/mol. The number of carbonyl (C=O) groups is 2. The summed E-state index contributed by atoms with van der Waals surface area (Å²) in [5.41, 5.74) is 0.319. The van der Waals surface area contributed by atoms with Crippen LogP contribution in [0.2, 0.25) is 5.02 Å². The van der Waals surface area contributed by atoms with Crippen molar-refractivity contribution in [3.63, 3.8) is 0 Å².